The van der Waals surface area contributed by atoms with Crippen molar-refractivity contribution in [2.45, 2.75) is 187 Å². The molecule has 320 valence electrons. The van der Waals surface area contributed by atoms with E-state index in [2.05, 4.69) is 79.9 Å². The van der Waals surface area contributed by atoms with Crippen LogP contribution in [0.1, 0.15) is 174 Å². The summed E-state index contributed by atoms with van der Waals surface area (Å²) in [5, 5.41) is 13.7. The van der Waals surface area contributed by atoms with E-state index in [1.165, 1.54) is 70.6 Å². The van der Waals surface area contributed by atoms with Crippen molar-refractivity contribution in [3.05, 3.63) is 60.8 Å². The van der Waals surface area contributed by atoms with Crippen molar-refractivity contribution in [1.29, 1.82) is 0 Å². The number of nitrogens with zero attached hydrogens (tertiary/aromatic N) is 1. The number of hydrogen-bond donors (Lipinski definition) is 3. The van der Waals surface area contributed by atoms with Gasteiger partial charge in [-0.1, -0.05) is 171 Å². The van der Waals surface area contributed by atoms with Gasteiger partial charge < -0.3 is 19.8 Å². The lowest BCUT2D eigenvalue weighted by atomic mass is 10.0. The van der Waals surface area contributed by atoms with Gasteiger partial charge in [0, 0.05) is 6.42 Å². The first-order valence-electron chi connectivity index (χ1n) is 22.2. The van der Waals surface area contributed by atoms with Crippen molar-refractivity contribution >= 4 is 13.7 Å². The molecule has 0 bridgehead atoms. The van der Waals surface area contributed by atoms with E-state index < -0.39 is 20.0 Å². The fourth-order valence-electron chi connectivity index (χ4n) is 6.01. The van der Waals surface area contributed by atoms with Crippen LogP contribution in [0.25, 0.3) is 0 Å². The predicted molar refractivity (Wildman–Crippen MR) is 235 cm³/mol. The SMILES string of the molecule is CC/C=C\C/C=C\C/C=C\C/C=C\C/C=C\CCCCCCCCCCCCCCCC(=O)NC(COP(=O)(O)OCC[N+](C)(C)C)C(O)CCCCCC. The van der Waals surface area contributed by atoms with Crippen LogP contribution in [0.2, 0.25) is 0 Å². The molecule has 3 unspecified atom stereocenters. The van der Waals surface area contributed by atoms with Crippen LogP contribution in [-0.2, 0) is 18.4 Å². The normalized spacial score (nSPS) is 15.0. The lowest BCUT2D eigenvalue weighted by Crippen LogP contribution is -2.46. The molecule has 0 saturated heterocycles. The van der Waals surface area contributed by atoms with E-state index in [1.54, 1.807) is 0 Å². The minimum Gasteiger partial charge on any atom is -0.391 e. The highest BCUT2D eigenvalue weighted by atomic mass is 31.2. The third kappa shape index (κ3) is 40.2. The number of aliphatic hydroxyl groups excluding tert-OH is 1. The molecular formula is C46H86N2O6P+. The number of hydrogen-bond acceptors (Lipinski definition) is 5. The largest absolute Gasteiger partial charge is 0.472 e. The predicted octanol–water partition coefficient (Wildman–Crippen LogP) is 12.2. The zero-order valence-corrected chi connectivity index (χ0v) is 37.0. The monoisotopic (exact) mass is 794 g/mol. The molecule has 0 saturated carbocycles. The standard InChI is InChI=1S/C46H85N2O6P/c1-6-8-10-12-13-14-15-16-17-18-19-20-21-22-23-24-25-26-27-28-29-30-31-32-33-34-35-36-38-40-46(50)47-44(45(49)39-37-11-9-7-2)43-54-55(51,52)53-42-41-48(3,4)5/h8,10,13-14,16-17,19-20,22-23,44-45,49H,6-7,9,11-12,15,18,21,24-43H2,1-5H3,(H-,47,50,51,52)/p+1/b10-8-,14-13-,17-16-,20-19-,23-22-. The van der Waals surface area contributed by atoms with E-state index in [0.29, 0.717) is 23.9 Å². The molecular weight excluding hydrogens is 707 g/mol. The van der Waals surface area contributed by atoms with Crippen molar-refractivity contribution in [2.75, 3.05) is 40.9 Å². The van der Waals surface area contributed by atoms with Gasteiger partial charge in [-0.05, 0) is 57.8 Å². The molecule has 0 aliphatic carbocycles. The summed E-state index contributed by atoms with van der Waals surface area (Å²) in [7, 11) is 1.60. The lowest BCUT2D eigenvalue weighted by molar-refractivity contribution is -0.870. The number of likely N-dealkylation sites (N-methyl/N-ethyl adjacent to an activating group) is 1. The maximum absolute atomic E-state index is 12.7. The van der Waals surface area contributed by atoms with E-state index in [0.717, 1.165) is 77.0 Å². The Labute approximate surface area is 339 Å². The van der Waals surface area contributed by atoms with E-state index in [-0.39, 0.29) is 19.1 Å². The minimum atomic E-state index is -4.30. The number of allylic oxidation sites excluding steroid dienone is 10. The fourth-order valence-corrected chi connectivity index (χ4v) is 6.75. The zero-order valence-electron chi connectivity index (χ0n) is 36.1. The van der Waals surface area contributed by atoms with Gasteiger partial charge >= 0.3 is 7.82 Å². The molecule has 3 atom stereocenters. The number of unbranched alkanes of at least 4 members (excludes halogenated alkanes) is 16. The Morgan fingerprint density at radius 1 is 0.636 bits per heavy atom. The fraction of sp³-hybridized carbons (Fsp3) is 0.761. The summed E-state index contributed by atoms with van der Waals surface area (Å²) in [6.45, 7) is 4.63. The average molecular weight is 794 g/mol. The van der Waals surface area contributed by atoms with Gasteiger partial charge in [-0.15, -0.1) is 0 Å². The van der Waals surface area contributed by atoms with Gasteiger partial charge in [0.05, 0.1) is 39.9 Å². The summed E-state index contributed by atoms with van der Waals surface area (Å²) in [5.74, 6) is -0.158. The Balaban J connectivity index is 3.91. The molecule has 8 nitrogen and oxygen atoms in total. The second kappa shape index (κ2) is 37.8. The van der Waals surface area contributed by atoms with Crippen molar-refractivity contribution < 1.29 is 32.9 Å². The number of rotatable bonds is 39. The van der Waals surface area contributed by atoms with Crippen molar-refractivity contribution in [3.8, 4) is 0 Å². The molecule has 0 fully saturated rings. The number of amides is 1. The number of phosphoric ester groups is 1. The van der Waals surface area contributed by atoms with Gasteiger partial charge in [-0.25, -0.2) is 4.57 Å². The number of carbonyl (C=O) groups is 1. The first-order chi connectivity index (χ1) is 26.5. The van der Waals surface area contributed by atoms with Gasteiger partial charge in [0.15, 0.2) is 0 Å². The molecule has 1 amide bonds. The van der Waals surface area contributed by atoms with Crippen LogP contribution in [0.5, 0.6) is 0 Å². The minimum absolute atomic E-state index is 0.0712. The van der Waals surface area contributed by atoms with Crippen LogP contribution >= 0.6 is 7.82 Å². The molecule has 0 heterocycles. The maximum atomic E-state index is 12.7. The molecule has 0 aromatic rings. The second-order valence-electron chi connectivity index (χ2n) is 16.0. The molecule has 3 N–H and O–H groups in total. The van der Waals surface area contributed by atoms with Crippen LogP contribution in [0.15, 0.2) is 60.8 Å². The highest BCUT2D eigenvalue weighted by Crippen LogP contribution is 2.43. The van der Waals surface area contributed by atoms with E-state index in [1.807, 2.05) is 21.1 Å². The summed E-state index contributed by atoms with van der Waals surface area (Å²) in [6.07, 6.45) is 48.9. The molecule has 9 heteroatoms. The van der Waals surface area contributed by atoms with Crippen molar-refractivity contribution in [1.82, 2.24) is 5.32 Å². The Kier molecular flexibility index (Phi) is 36.5. The summed E-state index contributed by atoms with van der Waals surface area (Å²) in [4.78, 5) is 22.9. The van der Waals surface area contributed by atoms with Gasteiger partial charge in [-0.2, -0.15) is 0 Å². The Hall–Kier alpha value is -1.80. The van der Waals surface area contributed by atoms with Gasteiger partial charge in [0.25, 0.3) is 0 Å². The molecule has 55 heavy (non-hydrogen) atoms. The van der Waals surface area contributed by atoms with Crippen LogP contribution in [0.3, 0.4) is 0 Å². The highest BCUT2D eigenvalue weighted by molar-refractivity contribution is 7.47. The van der Waals surface area contributed by atoms with E-state index >= 15 is 0 Å². The van der Waals surface area contributed by atoms with Crippen LogP contribution < -0.4 is 5.32 Å². The van der Waals surface area contributed by atoms with Crippen LogP contribution in [0, 0.1) is 0 Å². The lowest BCUT2D eigenvalue weighted by Gasteiger charge is -2.26. The summed E-state index contributed by atoms with van der Waals surface area (Å²) >= 11 is 0. The Morgan fingerprint density at radius 3 is 1.58 bits per heavy atom. The van der Waals surface area contributed by atoms with Gasteiger partial charge in [0.2, 0.25) is 5.91 Å². The molecule has 0 radical (unpaired) electrons. The number of nitrogens with one attached hydrogen (secondary N) is 1. The average Bonchev–Trinajstić information content (AvgIpc) is 3.13. The van der Waals surface area contributed by atoms with Crippen LogP contribution in [-0.4, -0.2) is 73.4 Å². The quantitative estimate of drug-likeness (QED) is 0.0248. The smallest absolute Gasteiger partial charge is 0.391 e. The topological polar surface area (TPSA) is 105 Å². The maximum Gasteiger partial charge on any atom is 0.472 e. The van der Waals surface area contributed by atoms with E-state index in [4.69, 9.17) is 9.05 Å². The van der Waals surface area contributed by atoms with Crippen LogP contribution in [0.4, 0.5) is 0 Å². The summed E-state index contributed by atoms with van der Waals surface area (Å²) < 4.78 is 23.4. The molecule has 0 aromatic carbocycles. The molecule has 0 aliphatic heterocycles. The Morgan fingerprint density at radius 2 is 1.09 bits per heavy atom. The second-order valence-corrected chi connectivity index (χ2v) is 17.5. The highest BCUT2D eigenvalue weighted by Gasteiger charge is 2.28. The third-order valence-corrected chi connectivity index (χ3v) is 10.5. The molecule has 0 rings (SSSR count). The van der Waals surface area contributed by atoms with Gasteiger partial charge in [-0.3, -0.25) is 13.8 Å². The van der Waals surface area contributed by atoms with Crippen molar-refractivity contribution in [3.63, 3.8) is 0 Å². The van der Waals surface area contributed by atoms with Gasteiger partial charge in [0.1, 0.15) is 13.2 Å². The summed E-state index contributed by atoms with van der Waals surface area (Å²) in [5.41, 5.74) is 0. The first-order valence-corrected chi connectivity index (χ1v) is 23.6. The molecule has 0 aromatic heterocycles. The summed E-state index contributed by atoms with van der Waals surface area (Å²) in [6, 6.07) is -0.758. The third-order valence-electron chi connectivity index (χ3n) is 9.53. The zero-order chi connectivity index (χ0) is 40.7. The number of phosphoric acid groups is 1. The molecule has 0 aliphatic rings. The van der Waals surface area contributed by atoms with Crippen molar-refractivity contribution in [2.24, 2.45) is 0 Å². The number of aliphatic hydroxyl groups is 1. The number of quaternary nitrogens is 1. The Bertz CT molecular complexity index is 1080. The van der Waals surface area contributed by atoms with E-state index in [9.17, 15) is 19.4 Å². The number of carbonyl (C=O) groups excluding carboxylic acids is 1. The molecule has 0 spiro atoms. The first kappa shape index (κ1) is 53.2.